The van der Waals surface area contributed by atoms with Gasteiger partial charge in [-0.3, -0.25) is 0 Å². The molecule has 0 aromatic heterocycles. The molecule has 1 rings (SSSR count). The zero-order chi connectivity index (χ0) is 11.9. The minimum absolute atomic E-state index is 1.25. The molecule has 1 N–H and O–H groups in total. The molecule has 0 spiro atoms. The van der Waals surface area contributed by atoms with Crippen LogP contribution in [0, 0.1) is 0 Å². The van der Waals surface area contributed by atoms with Gasteiger partial charge in [-0.15, -0.1) is 0 Å². The van der Waals surface area contributed by atoms with Gasteiger partial charge in [-0.05, 0) is 25.9 Å². The van der Waals surface area contributed by atoms with Gasteiger partial charge in [0.1, 0.15) is 0 Å². The summed E-state index contributed by atoms with van der Waals surface area (Å²) < 4.78 is 0. The van der Waals surface area contributed by atoms with E-state index in [1.165, 1.54) is 83.7 Å². The third-order valence-corrected chi connectivity index (χ3v) is 3.16. The average Bonchev–Trinajstić information content (AvgIpc) is 2.37. The van der Waals surface area contributed by atoms with Crippen LogP contribution in [-0.4, -0.2) is 13.1 Å². The molecule has 1 aliphatic rings. The maximum Gasteiger partial charge on any atom is -0.00489 e. The molecular formula is C15H33N. The van der Waals surface area contributed by atoms with E-state index in [4.69, 9.17) is 0 Å². The Labute approximate surface area is 103 Å². The quantitative estimate of drug-likeness (QED) is 0.610. The molecule has 0 bridgehead atoms. The van der Waals surface area contributed by atoms with Crippen LogP contribution in [0.2, 0.25) is 0 Å². The molecule has 1 fully saturated rings. The highest BCUT2D eigenvalue weighted by molar-refractivity contribution is 4.55. The summed E-state index contributed by atoms with van der Waals surface area (Å²) in [7, 11) is 0. The number of rotatable bonds is 7. The predicted molar refractivity (Wildman–Crippen MR) is 75.0 cm³/mol. The lowest BCUT2D eigenvalue weighted by atomic mass is 10.1. The van der Waals surface area contributed by atoms with Crippen LogP contribution in [-0.2, 0) is 0 Å². The third-order valence-electron chi connectivity index (χ3n) is 3.16. The Morgan fingerprint density at radius 2 is 1.06 bits per heavy atom. The molecule has 0 aromatic rings. The summed E-state index contributed by atoms with van der Waals surface area (Å²) in [5, 5.41) is 3.28. The van der Waals surface area contributed by atoms with Gasteiger partial charge in [0.05, 0.1) is 0 Å². The molecule has 98 valence electrons. The summed E-state index contributed by atoms with van der Waals surface area (Å²) in [5.41, 5.74) is 0. The second kappa shape index (κ2) is 15.0. The Bertz CT molecular complexity index is 88.5. The van der Waals surface area contributed by atoms with Crippen molar-refractivity contribution < 1.29 is 0 Å². The van der Waals surface area contributed by atoms with Gasteiger partial charge in [-0.1, -0.05) is 71.6 Å². The Hall–Kier alpha value is -0.0400. The third kappa shape index (κ3) is 14.0. The number of hydrogen-bond donors (Lipinski definition) is 1. The molecule has 0 aromatic carbocycles. The maximum absolute atomic E-state index is 3.28. The minimum atomic E-state index is 1.25. The van der Waals surface area contributed by atoms with Gasteiger partial charge < -0.3 is 5.32 Å². The summed E-state index contributed by atoms with van der Waals surface area (Å²) in [6.07, 6.45) is 15.7. The summed E-state index contributed by atoms with van der Waals surface area (Å²) in [6.45, 7) is 7.04. The van der Waals surface area contributed by atoms with Crippen molar-refractivity contribution in [3.63, 3.8) is 0 Å². The lowest BCUT2D eigenvalue weighted by molar-refractivity contribution is 0.520. The van der Waals surface area contributed by atoms with Crippen molar-refractivity contribution in [2.45, 2.75) is 84.5 Å². The van der Waals surface area contributed by atoms with E-state index < -0.39 is 0 Å². The monoisotopic (exact) mass is 227 g/mol. The highest BCUT2D eigenvalue weighted by Crippen LogP contribution is 2.07. The molecule has 0 atom stereocenters. The van der Waals surface area contributed by atoms with Crippen molar-refractivity contribution in [1.82, 2.24) is 5.32 Å². The van der Waals surface area contributed by atoms with Crippen LogP contribution in [0.15, 0.2) is 0 Å². The van der Waals surface area contributed by atoms with Crippen molar-refractivity contribution in [3.05, 3.63) is 0 Å². The van der Waals surface area contributed by atoms with Gasteiger partial charge in [-0.25, -0.2) is 0 Å². The lowest BCUT2D eigenvalue weighted by Gasteiger charge is -2.08. The van der Waals surface area contributed by atoms with Gasteiger partial charge in [0.2, 0.25) is 0 Å². The van der Waals surface area contributed by atoms with Gasteiger partial charge in [0, 0.05) is 0 Å². The topological polar surface area (TPSA) is 12.0 Å². The van der Waals surface area contributed by atoms with Crippen LogP contribution in [0.3, 0.4) is 0 Å². The standard InChI is InChI=1S/C10H22.C5H11N/c1-3-5-7-9-10-8-6-4-2;1-2-4-6-5-3-1/h3-10H2,1-2H3;6H,1-5H2. The van der Waals surface area contributed by atoms with Crippen molar-refractivity contribution in [2.24, 2.45) is 0 Å². The second-order valence-corrected chi connectivity index (χ2v) is 4.93. The first-order valence-corrected chi connectivity index (χ1v) is 7.62. The molecule has 1 aliphatic heterocycles. The Kier molecular flexibility index (Phi) is 14.9. The van der Waals surface area contributed by atoms with Crippen molar-refractivity contribution in [2.75, 3.05) is 13.1 Å². The van der Waals surface area contributed by atoms with Crippen LogP contribution >= 0.6 is 0 Å². The molecule has 16 heavy (non-hydrogen) atoms. The molecule has 0 saturated carbocycles. The molecule has 1 heteroatoms. The highest BCUT2D eigenvalue weighted by Gasteiger charge is 1.93. The summed E-state index contributed by atoms with van der Waals surface area (Å²) in [5.74, 6) is 0. The van der Waals surface area contributed by atoms with E-state index in [0.717, 1.165) is 0 Å². The number of hydrogen-bond acceptors (Lipinski definition) is 1. The van der Waals surface area contributed by atoms with Crippen LogP contribution in [0.1, 0.15) is 84.5 Å². The zero-order valence-corrected chi connectivity index (χ0v) is 11.7. The number of unbranched alkanes of at least 4 members (excludes halogenated alkanes) is 7. The molecule has 1 saturated heterocycles. The van der Waals surface area contributed by atoms with Gasteiger partial charge in [0.15, 0.2) is 0 Å². The second-order valence-electron chi connectivity index (χ2n) is 4.93. The van der Waals surface area contributed by atoms with Crippen LogP contribution in [0.4, 0.5) is 0 Å². The van der Waals surface area contributed by atoms with E-state index in [9.17, 15) is 0 Å². The number of piperidine rings is 1. The smallest absolute Gasteiger partial charge is 0.00489 e. The van der Waals surface area contributed by atoms with Gasteiger partial charge in [-0.2, -0.15) is 0 Å². The minimum Gasteiger partial charge on any atom is -0.317 e. The number of nitrogens with one attached hydrogen (secondary N) is 1. The van der Waals surface area contributed by atoms with Gasteiger partial charge in [0.25, 0.3) is 0 Å². The maximum atomic E-state index is 3.28. The van der Waals surface area contributed by atoms with Crippen LogP contribution in [0.25, 0.3) is 0 Å². The van der Waals surface area contributed by atoms with E-state index in [2.05, 4.69) is 19.2 Å². The van der Waals surface area contributed by atoms with E-state index in [1.54, 1.807) is 0 Å². The molecule has 0 radical (unpaired) electrons. The van der Waals surface area contributed by atoms with Gasteiger partial charge >= 0.3 is 0 Å². The van der Waals surface area contributed by atoms with E-state index in [1.807, 2.05) is 0 Å². The molecular weight excluding hydrogens is 194 g/mol. The fourth-order valence-electron chi connectivity index (χ4n) is 2.01. The lowest BCUT2D eigenvalue weighted by Crippen LogP contribution is -2.21. The van der Waals surface area contributed by atoms with E-state index >= 15 is 0 Å². The van der Waals surface area contributed by atoms with Crippen LogP contribution < -0.4 is 5.32 Å². The molecule has 0 aliphatic carbocycles. The SMILES string of the molecule is C1CCNCC1.CCCCCCCCCC. The predicted octanol–water partition coefficient (Wildman–Crippen LogP) is 4.91. The summed E-state index contributed by atoms with van der Waals surface area (Å²) >= 11 is 0. The zero-order valence-electron chi connectivity index (χ0n) is 11.7. The molecule has 0 unspecified atom stereocenters. The fourth-order valence-corrected chi connectivity index (χ4v) is 2.01. The normalized spacial score (nSPS) is 15.4. The summed E-state index contributed by atoms with van der Waals surface area (Å²) in [6, 6.07) is 0. The first kappa shape index (κ1) is 16.0. The van der Waals surface area contributed by atoms with E-state index in [0.29, 0.717) is 0 Å². The van der Waals surface area contributed by atoms with Crippen molar-refractivity contribution in [3.8, 4) is 0 Å². The highest BCUT2D eigenvalue weighted by atomic mass is 14.9. The molecule has 0 amide bonds. The van der Waals surface area contributed by atoms with E-state index in [-0.39, 0.29) is 0 Å². The van der Waals surface area contributed by atoms with Crippen LogP contribution in [0.5, 0.6) is 0 Å². The Balaban J connectivity index is 0.000000315. The van der Waals surface area contributed by atoms with Crippen molar-refractivity contribution >= 4 is 0 Å². The largest absolute Gasteiger partial charge is 0.317 e. The fraction of sp³-hybridized carbons (Fsp3) is 1.00. The average molecular weight is 227 g/mol. The first-order chi connectivity index (χ1) is 7.91. The molecule has 1 heterocycles. The Morgan fingerprint density at radius 3 is 1.31 bits per heavy atom. The molecule has 1 nitrogen and oxygen atoms in total. The summed E-state index contributed by atoms with van der Waals surface area (Å²) in [4.78, 5) is 0. The van der Waals surface area contributed by atoms with Crippen molar-refractivity contribution in [1.29, 1.82) is 0 Å². The first-order valence-electron chi connectivity index (χ1n) is 7.62. The Morgan fingerprint density at radius 1 is 0.625 bits per heavy atom.